The van der Waals surface area contributed by atoms with E-state index in [4.69, 9.17) is 10.5 Å². The zero-order valence-electron chi connectivity index (χ0n) is 7.91. The summed E-state index contributed by atoms with van der Waals surface area (Å²) < 4.78 is 7.08. The number of hydrogen-bond donors (Lipinski definition) is 1. The summed E-state index contributed by atoms with van der Waals surface area (Å²) in [6.07, 6.45) is 1.72. The molecule has 0 fully saturated rings. The van der Waals surface area contributed by atoms with Crippen LogP contribution in [0.1, 0.15) is 5.69 Å². The fourth-order valence-electron chi connectivity index (χ4n) is 1.04. The van der Waals surface area contributed by atoms with Crippen LogP contribution in [0.5, 0.6) is 5.75 Å². The molecule has 0 amide bonds. The summed E-state index contributed by atoms with van der Waals surface area (Å²) in [6, 6.07) is 1.48. The van der Waals surface area contributed by atoms with Gasteiger partial charge in [0.1, 0.15) is 6.61 Å². The third kappa shape index (κ3) is 2.09. The average Bonchev–Trinajstić information content (AvgIpc) is 2.12. The number of hydrogen-bond acceptors (Lipinski definition) is 3. The van der Waals surface area contributed by atoms with Gasteiger partial charge in [-0.3, -0.25) is 4.79 Å². The standard InChI is InChI=1S/C9H14N2O2/c1-7-9(13-6-4-10)8(12)3-5-11(7)2/h3,5H,4,6,10H2,1-2H3. The van der Waals surface area contributed by atoms with Gasteiger partial charge in [0, 0.05) is 25.9 Å². The average molecular weight is 182 g/mol. The van der Waals surface area contributed by atoms with Crippen molar-refractivity contribution in [2.45, 2.75) is 6.92 Å². The zero-order chi connectivity index (χ0) is 9.84. The lowest BCUT2D eigenvalue weighted by Gasteiger charge is -2.10. The molecule has 2 N–H and O–H groups in total. The predicted molar refractivity (Wildman–Crippen MR) is 51.0 cm³/mol. The van der Waals surface area contributed by atoms with Gasteiger partial charge in [-0.05, 0) is 6.92 Å². The maximum absolute atomic E-state index is 11.3. The summed E-state index contributed by atoms with van der Waals surface area (Å²) in [7, 11) is 1.87. The summed E-state index contributed by atoms with van der Waals surface area (Å²) in [5.41, 5.74) is 6.01. The number of aryl methyl sites for hydroxylation is 1. The number of rotatable bonds is 3. The van der Waals surface area contributed by atoms with Gasteiger partial charge >= 0.3 is 0 Å². The van der Waals surface area contributed by atoms with Crippen LogP contribution in [0.3, 0.4) is 0 Å². The van der Waals surface area contributed by atoms with Crippen molar-refractivity contribution in [3.8, 4) is 5.75 Å². The zero-order valence-corrected chi connectivity index (χ0v) is 7.91. The third-order valence-electron chi connectivity index (χ3n) is 1.90. The number of nitrogens with zero attached hydrogens (tertiary/aromatic N) is 1. The molecule has 0 saturated heterocycles. The van der Waals surface area contributed by atoms with Crippen LogP contribution in [0.4, 0.5) is 0 Å². The van der Waals surface area contributed by atoms with Gasteiger partial charge in [-0.25, -0.2) is 0 Å². The van der Waals surface area contributed by atoms with Crippen molar-refractivity contribution >= 4 is 0 Å². The summed E-state index contributed by atoms with van der Waals surface area (Å²) >= 11 is 0. The molecular formula is C9H14N2O2. The molecule has 0 aliphatic carbocycles. The topological polar surface area (TPSA) is 57.2 Å². The van der Waals surface area contributed by atoms with Gasteiger partial charge in [0.2, 0.25) is 5.43 Å². The summed E-state index contributed by atoms with van der Waals surface area (Å²) in [6.45, 7) is 2.63. The molecule has 0 spiro atoms. The molecule has 72 valence electrons. The van der Waals surface area contributed by atoms with Gasteiger partial charge in [-0.15, -0.1) is 0 Å². The lowest BCUT2D eigenvalue weighted by atomic mass is 10.3. The second-order valence-corrected chi connectivity index (χ2v) is 2.84. The van der Waals surface area contributed by atoms with Crippen molar-refractivity contribution in [2.75, 3.05) is 13.2 Å². The molecule has 1 aromatic rings. The molecule has 13 heavy (non-hydrogen) atoms. The Kier molecular flexibility index (Phi) is 3.08. The maximum Gasteiger partial charge on any atom is 0.223 e. The van der Waals surface area contributed by atoms with Crippen molar-refractivity contribution in [2.24, 2.45) is 12.8 Å². The Hall–Kier alpha value is -1.29. The van der Waals surface area contributed by atoms with E-state index in [-0.39, 0.29) is 5.43 Å². The fraction of sp³-hybridized carbons (Fsp3) is 0.444. The Morgan fingerprint density at radius 2 is 2.31 bits per heavy atom. The minimum Gasteiger partial charge on any atom is -0.486 e. The van der Waals surface area contributed by atoms with E-state index in [1.165, 1.54) is 6.07 Å². The summed E-state index contributed by atoms with van der Waals surface area (Å²) in [5.74, 6) is 0.399. The largest absolute Gasteiger partial charge is 0.486 e. The van der Waals surface area contributed by atoms with Crippen LogP contribution in [-0.4, -0.2) is 17.7 Å². The number of aromatic nitrogens is 1. The second kappa shape index (κ2) is 4.09. The molecular weight excluding hydrogens is 168 g/mol. The van der Waals surface area contributed by atoms with Crippen LogP contribution >= 0.6 is 0 Å². The third-order valence-corrected chi connectivity index (χ3v) is 1.90. The van der Waals surface area contributed by atoms with Crippen molar-refractivity contribution < 1.29 is 4.74 Å². The monoisotopic (exact) mass is 182 g/mol. The molecule has 0 bridgehead atoms. The molecule has 4 nitrogen and oxygen atoms in total. The van der Waals surface area contributed by atoms with Crippen LogP contribution in [0, 0.1) is 6.92 Å². The molecule has 0 aliphatic heterocycles. The fourth-order valence-corrected chi connectivity index (χ4v) is 1.04. The Morgan fingerprint density at radius 1 is 1.62 bits per heavy atom. The Morgan fingerprint density at radius 3 is 2.92 bits per heavy atom. The molecule has 0 saturated carbocycles. The second-order valence-electron chi connectivity index (χ2n) is 2.84. The van der Waals surface area contributed by atoms with Crippen molar-refractivity contribution in [3.05, 3.63) is 28.2 Å². The lowest BCUT2D eigenvalue weighted by Crippen LogP contribution is -2.17. The van der Waals surface area contributed by atoms with Gasteiger partial charge in [0.25, 0.3) is 0 Å². The number of pyridine rings is 1. The quantitative estimate of drug-likeness (QED) is 0.717. The van der Waals surface area contributed by atoms with Gasteiger partial charge < -0.3 is 15.0 Å². The van der Waals surface area contributed by atoms with Crippen molar-refractivity contribution in [3.63, 3.8) is 0 Å². The maximum atomic E-state index is 11.3. The first-order chi connectivity index (χ1) is 6.16. The van der Waals surface area contributed by atoms with E-state index in [1.807, 2.05) is 18.5 Å². The van der Waals surface area contributed by atoms with E-state index >= 15 is 0 Å². The highest BCUT2D eigenvalue weighted by Crippen LogP contribution is 2.09. The van der Waals surface area contributed by atoms with Crippen molar-refractivity contribution in [1.29, 1.82) is 0 Å². The number of ether oxygens (including phenoxy) is 1. The van der Waals surface area contributed by atoms with Gasteiger partial charge in [-0.1, -0.05) is 0 Å². The van der Waals surface area contributed by atoms with Gasteiger partial charge in [-0.2, -0.15) is 0 Å². The van der Waals surface area contributed by atoms with Crippen LogP contribution in [-0.2, 0) is 7.05 Å². The smallest absolute Gasteiger partial charge is 0.223 e. The highest BCUT2D eigenvalue weighted by Gasteiger charge is 2.05. The van der Waals surface area contributed by atoms with E-state index in [2.05, 4.69) is 0 Å². The Balaban J connectivity index is 3.03. The van der Waals surface area contributed by atoms with E-state index in [1.54, 1.807) is 6.20 Å². The first-order valence-electron chi connectivity index (χ1n) is 4.16. The molecule has 0 radical (unpaired) electrons. The molecule has 0 unspecified atom stereocenters. The summed E-state index contributed by atoms with van der Waals surface area (Å²) in [4.78, 5) is 11.3. The molecule has 0 aromatic carbocycles. The van der Waals surface area contributed by atoms with Gasteiger partial charge in [0.15, 0.2) is 5.75 Å². The lowest BCUT2D eigenvalue weighted by molar-refractivity contribution is 0.319. The minimum atomic E-state index is -0.0935. The molecule has 1 aromatic heterocycles. The first-order valence-corrected chi connectivity index (χ1v) is 4.16. The minimum absolute atomic E-state index is 0.0935. The Labute approximate surface area is 76.9 Å². The molecule has 1 heterocycles. The summed E-state index contributed by atoms with van der Waals surface area (Å²) in [5, 5.41) is 0. The molecule has 4 heteroatoms. The van der Waals surface area contributed by atoms with Crippen LogP contribution in [0.25, 0.3) is 0 Å². The predicted octanol–water partition coefficient (Wildman–Crippen LogP) is 0.0312. The van der Waals surface area contributed by atoms with Crippen LogP contribution in [0.15, 0.2) is 17.1 Å². The highest BCUT2D eigenvalue weighted by molar-refractivity contribution is 5.26. The normalized spacial score (nSPS) is 10.1. The molecule has 1 rings (SSSR count). The van der Waals surface area contributed by atoms with E-state index in [0.29, 0.717) is 18.9 Å². The van der Waals surface area contributed by atoms with Crippen molar-refractivity contribution in [1.82, 2.24) is 4.57 Å². The van der Waals surface area contributed by atoms with E-state index in [0.717, 1.165) is 5.69 Å². The number of nitrogens with two attached hydrogens (primary N) is 1. The van der Waals surface area contributed by atoms with E-state index in [9.17, 15) is 4.79 Å². The van der Waals surface area contributed by atoms with Crippen LogP contribution < -0.4 is 15.9 Å². The highest BCUT2D eigenvalue weighted by atomic mass is 16.5. The Bertz CT molecular complexity index is 344. The molecule has 0 aliphatic rings. The van der Waals surface area contributed by atoms with Gasteiger partial charge in [0.05, 0.1) is 5.69 Å². The van der Waals surface area contributed by atoms with E-state index < -0.39 is 0 Å². The van der Waals surface area contributed by atoms with Crippen LogP contribution in [0.2, 0.25) is 0 Å². The SMILES string of the molecule is Cc1c(OCCN)c(=O)ccn1C. The molecule has 0 atom stereocenters. The first kappa shape index (κ1) is 9.80.